The van der Waals surface area contributed by atoms with Crippen LogP contribution >= 0.6 is 0 Å². The second-order valence-corrected chi connectivity index (χ2v) is 3.64. The van der Waals surface area contributed by atoms with E-state index >= 15 is 0 Å². The number of hydrogen-bond acceptors (Lipinski definition) is 2. The van der Waals surface area contributed by atoms with Crippen LogP contribution in [-0.2, 0) is 0 Å². The van der Waals surface area contributed by atoms with Gasteiger partial charge in [-0.1, -0.05) is 0 Å². The molecule has 1 aromatic carbocycles. The van der Waals surface area contributed by atoms with Gasteiger partial charge in [-0.25, -0.2) is 22.0 Å². The Hall–Kier alpha value is -2.25. The normalized spacial score (nSPS) is 10.8. The van der Waals surface area contributed by atoms with Crippen molar-refractivity contribution in [3.63, 3.8) is 0 Å². The molecule has 20 heavy (non-hydrogen) atoms. The number of ether oxygens (including phenoxy) is 1. The monoisotopic (exact) mass is 293 g/mol. The maximum atomic E-state index is 13.6. The Kier molecular flexibility index (Phi) is 3.56. The van der Waals surface area contributed by atoms with E-state index < -0.39 is 46.2 Å². The molecular formula is C12H5F6NO. The fourth-order valence-electron chi connectivity index (χ4n) is 1.56. The standard InChI is InChI=1S/C12H5F6NO/c1-20-5-3-2-4(12(18)19-5)6-7(13)9(15)11(17)10(16)8(6)14/h2-3H,1H3. The summed E-state index contributed by atoms with van der Waals surface area (Å²) in [6.07, 6.45) is 0. The fraction of sp³-hybridized carbons (Fsp3) is 0.0833. The van der Waals surface area contributed by atoms with Gasteiger partial charge in [0.05, 0.1) is 12.7 Å². The first-order valence-electron chi connectivity index (χ1n) is 5.10. The molecule has 0 radical (unpaired) electrons. The van der Waals surface area contributed by atoms with E-state index in [-0.39, 0.29) is 5.88 Å². The highest BCUT2D eigenvalue weighted by molar-refractivity contribution is 5.65. The van der Waals surface area contributed by atoms with Gasteiger partial charge in [0.15, 0.2) is 23.3 Å². The Morgan fingerprint density at radius 1 is 0.800 bits per heavy atom. The summed E-state index contributed by atoms with van der Waals surface area (Å²) in [5, 5.41) is 0. The molecule has 1 aromatic heterocycles. The molecule has 2 aromatic rings. The molecule has 0 spiro atoms. The highest BCUT2D eigenvalue weighted by atomic mass is 19.2. The second-order valence-electron chi connectivity index (χ2n) is 3.64. The lowest BCUT2D eigenvalue weighted by atomic mass is 10.0. The van der Waals surface area contributed by atoms with Crippen LogP contribution in [0.5, 0.6) is 5.88 Å². The largest absolute Gasteiger partial charge is 0.481 e. The van der Waals surface area contributed by atoms with Crippen molar-refractivity contribution >= 4 is 0 Å². The molecule has 8 heteroatoms. The summed E-state index contributed by atoms with van der Waals surface area (Å²) >= 11 is 0. The lowest BCUT2D eigenvalue weighted by Gasteiger charge is -2.09. The van der Waals surface area contributed by atoms with Crippen LogP contribution < -0.4 is 4.74 Å². The van der Waals surface area contributed by atoms with Gasteiger partial charge < -0.3 is 4.74 Å². The number of halogens is 6. The lowest BCUT2D eigenvalue weighted by molar-refractivity contribution is 0.379. The van der Waals surface area contributed by atoms with Gasteiger partial charge in [-0.05, 0) is 6.07 Å². The van der Waals surface area contributed by atoms with Crippen molar-refractivity contribution in [1.82, 2.24) is 4.98 Å². The third kappa shape index (κ3) is 2.06. The van der Waals surface area contributed by atoms with Crippen LogP contribution in [-0.4, -0.2) is 12.1 Å². The van der Waals surface area contributed by atoms with Gasteiger partial charge in [-0.15, -0.1) is 0 Å². The van der Waals surface area contributed by atoms with Crippen LogP contribution in [0.2, 0.25) is 0 Å². The number of aromatic nitrogens is 1. The fourth-order valence-corrected chi connectivity index (χ4v) is 1.56. The van der Waals surface area contributed by atoms with Gasteiger partial charge in [0, 0.05) is 11.6 Å². The van der Waals surface area contributed by atoms with E-state index in [9.17, 15) is 26.3 Å². The van der Waals surface area contributed by atoms with Gasteiger partial charge in [-0.3, -0.25) is 0 Å². The number of benzene rings is 1. The van der Waals surface area contributed by atoms with Crippen LogP contribution in [0.25, 0.3) is 11.1 Å². The summed E-state index contributed by atoms with van der Waals surface area (Å²) in [5.41, 5.74) is -2.24. The molecule has 0 aliphatic rings. The Labute approximate surface area is 108 Å². The van der Waals surface area contributed by atoms with Crippen LogP contribution in [0, 0.1) is 35.0 Å². The van der Waals surface area contributed by atoms with Crippen molar-refractivity contribution in [1.29, 1.82) is 0 Å². The van der Waals surface area contributed by atoms with E-state index in [1.165, 1.54) is 7.11 Å². The molecule has 0 unspecified atom stereocenters. The zero-order valence-corrected chi connectivity index (χ0v) is 9.78. The molecule has 106 valence electrons. The van der Waals surface area contributed by atoms with Gasteiger partial charge in [0.1, 0.15) is 0 Å². The molecule has 0 saturated carbocycles. The summed E-state index contributed by atoms with van der Waals surface area (Å²) in [6, 6.07) is 1.83. The third-order valence-electron chi connectivity index (χ3n) is 2.51. The quantitative estimate of drug-likeness (QED) is 0.365. The zero-order chi connectivity index (χ0) is 15.0. The molecule has 0 N–H and O–H groups in total. The Morgan fingerprint density at radius 3 is 1.75 bits per heavy atom. The molecule has 0 amide bonds. The van der Waals surface area contributed by atoms with Crippen LogP contribution in [0.15, 0.2) is 12.1 Å². The molecule has 0 aliphatic carbocycles. The van der Waals surface area contributed by atoms with Crippen molar-refractivity contribution in [3.05, 3.63) is 47.2 Å². The van der Waals surface area contributed by atoms with Crippen molar-refractivity contribution in [2.24, 2.45) is 0 Å². The number of nitrogens with zero attached hydrogens (tertiary/aromatic N) is 1. The van der Waals surface area contributed by atoms with Gasteiger partial charge in [0.25, 0.3) is 0 Å². The first-order chi connectivity index (χ1) is 9.38. The highest BCUT2D eigenvalue weighted by Gasteiger charge is 2.28. The molecule has 0 atom stereocenters. The van der Waals surface area contributed by atoms with E-state index in [0.717, 1.165) is 12.1 Å². The molecule has 2 nitrogen and oxygen atoms in total. The molecule has 1 heterocycles. The first-order valence-corrected chi connectivity index (χ1v) is 5.10. The van der Waals surface area contributed by atoms with Crippen molar-refractivity contribution < 1.29 is 31.1 Å². The Bertz CT molecular complexity index is 659. The van der Waals surface area contributed by atoms with Gasteiger partial charge in [-0.2, -0.15) is 9.37 Å². The first kappa shape index (κ1) is 14.2. The summed E-state index contributed by atoms with van der Waals surface area (Å²) in [5.74, 6) is -12.5. The minimum absolute atomic E-state index is 0.213. The predicted octanol–water partition coefficient (Wildman–Crippen LogP) is 3.59. The SMILES string of the molecule is COc1ccc(-c2c(F)c(F)c(F)c(F)c2F)c(F)n1. The number of rotatable bonds is 2. The zero-order valence-electron chi connectivity index (χ0n) is 9.78. The van der Waals surface area contributed by atoms with Crippen molar-refractivity contribution in [3.8, 4) is 17.0 Å². The maximum Gasteiger partial charge on any atom is 0.224 e. The van der Waals surface area contributed by atoms with Crippen molar-refractivity contribution in [2.75, 3.05) is 7.11 Å². The predicted molar refractivity (Wildman–Crippen MR) is 56.0 cm³/mol. The number of methoxy groups -OCH3 is 1. The second kappa shape index (κ2) is 5.03. The summed E-state index contributed by atoms with van der Waals surface area (Å²) < 4.78 is 84.1. The Balaban J connectivity index is 2.76. The average molecular weight is 293 g/mol. The molecule has 0 aliphatic heterocycles. The average Bonchev–Trinajstić information content (AvgIpc) is 2.44. The topological polar surface area (TPSA) is 22.1 Å². The minimum atomic E-state index is -2.31. The summed E-state index contributed by atoms with van der Waals surface area (Å²) in [6.45, 7) is 0. The molecule has 2 rings (SSSR count). The van der Waals surface area contributed by atoms with E-state index in [4.69, 9.17) is 0 Å². The number of hydrogen-bond donors (Lipinski definition) is 0. The molecule has 0 saturated heterocycles. The third-order valence-corrected chi connectivity index (χ3v) is 2.51. The molecular weight excluding hydrogens is 288 g/mol. The van der Waals surface area contributed by atoms with E-state index in [1.54, 1.807) is 0 Å². The smallest absolute Gasteiger partial charge is 0.224 e. The van der Waals surface area contributed by atoms with Crippen LogP contribution in [0.3, 0.4) is 0 Å². The number of pyridine rings is 1. The summed E-state index contributed by atoms with van der Waals surface area (Å²) in [4.78, 5) is 3.17. The Morgan fingerprint density at radius 2 is 1.30 bits per heavy atom. The molecule has 0 fully saturated rings. The van der Waals surface area contributed by atoms with Crippen LogP contribution in [0.4, 0.5) is 26.3 Å². The van der Waals surface area contributed by atoms with Gasteiger partial charge >= 0.3 is 0 Å². The minimum Gasteiger partial charge on any atom is -0.481 e. The maximum absolute atomic E-state index is 13.6. The van der Waals surface area contributed by atoms with E-state index in [0.29, 0.717) is 0 Å². The lowest BCUT2D eigenvalue weighted by Crippen LogP contribution is -2.05. The highest BCUT2D eigenvalue weighted by Crippen LogP contribution is 2.33. The van der Waals surface area contributed by atoms with E-state index in [1.807, 2.05) is 0 Å². The summed E-state index contributed by atoms with van der Waals surface area (Å²) in [7, 11) is 1.17. The van der Waals surface area contributed by atoms with Crippen molar-refractivity contribution in [2.45, 2.75) is 0 Å². The van der Waals surface area contributed by atoms with Crippen LogP contribution in [0.1, 0.15) is 0 Å². The molecule has 0 bridgehead atoms. The van der Waals surface area contributed by atoms with Gasteiger partial charge in [0.2, 0.25) is 17.6 Å². The van der Waals surface area contributed by atoms with E-state index in [2.05, 4.69) is 9.72 Å².